The van der Waals surface area contributed by atoms with Gasteiger partial charge in [0.15, 0.2) is 11.5 Å². The topological polar surface area (TPSA) is 73.7 Å². The lowest BCUT2D eigenvalue weighted by atomic mass is 9.89. The molecule has 176 valence electrons. The molecule has 34 heavy (non-hydrogen) atoms. The summed E-state index contributed by atoms with van der Waals surface area (Å²) < 4.78 is 12.2. The van der Waals surface area contributed by atoms with E-state index in [9.17, 15) is 9.59 Å². The van der Waals surface area contributed by atoms with Crippen LogP contribution in [0.25, 0.3) is 11.3 Å². The van der Waals surface area contributed by atoms with Gasteiger partial charge >= 0.3 is 0 Å². The third-order valence-electron chi connectivity index (χ3n) is 6.79. The number of likely N-dealkylation sites (tertiary alicyclic amines) is 1. The zero-order valence-electron chi connectivity index (χ0n) is 19.6. The lowest BCUT2D eigenvalue weighted by molar-refractivity contribution is -0.141. The van der Waals surface area contributed by atoms with Gasteiger partial charge in [0.2, 0.25) is 12.7 Å². The Hall–Kier alpha value is -3.61. The molecule has 7 heteroatoms. The van der Waals surface area contributed by atoms with Gasteiger partial charge in [0, 0.05) is 24.7 Å². The Balaban J connectivity index is 1.32. The second-order valence-electron chi connectivity index (χ2n) is 9.52. The summed E-state index contributed by atoms with van der Waals surface area (Å²) in [5.74, 6) is 1.81. The van der Waals surface area contributed by atoms with Gasteiger partial charge in [-0.2, -0.15) is 5.10 Å². The van der Waals surface area contributed by atoms with Crippen molar-refractivity contribution in [1.82, 2.24) is 14.7 Å². The van der Waals surface area contributed by atoms with Crippen molar-refractivity contribution in [2.24, 2.45) is 5.92 Å². The van der Waals surface area contributed by atoms with E-state index in [1.807, 2.05) is 29.2 Å². The van der Waals surface area contributed by atoms with Gasteiger partial charge in [-0.05, 0) is 68.9 Å². The summed E-state index contributed by atoms with van der Waals surface area (Å²) in [5, 5.41) is 4.59. The largest absolute Gasteiger partial charge is 0.454 e. The molecule has 2 aliphatic heterocycles. The van der Waals surface area contributed by atoms with Crippen LogP contribution in [0.3, 0.4) is 0 Å². The highest BCUT2D eigenvalue weighted by Gasteiger charge is 2.37. The minimum atomic E-state index is -1.10. The SMILES string of the molecule is CC(C)(C(=O)N1CCC(Cc2ccccc2)CC1)n1nc(-c2ccc3c(c2)OCO3)ccc1=O. The Bertz CT molecular complexity index is 1240. The van der Waals surface area contributed by atoms with Crippen molar-refractivity contribution >= 4 is 5.91 Å². The molecule has 0 bridgehead atoms. The first-order valence-corrected chi connectivity index (χ1v) is 11.8. The molecule has 3 aromatic rings. The molecule has 0 N–H and O–H groups in total. The number of ether oxygens (including phenoxy) is 2. The van der Waals surface area contributed by atoms with E-state index >= 15 is 0 Å². The fourth-order valence-corrected chi connectivity index (χ4v) is 4.79. The molecule has 1 fully saturated rings. The number of hydrogen-bond acceptors (Lipinski definition) is 5. The number of hydrogen-bond donors (Lipinski definition) is 0. The summed E-state index contributed by atoms with van der Waals surface area (Å²) in [6.45, 7) is 5.11. The Labute approximate surface area is 198 Å². The highest BCUT2D eigenvalue weighted by molar-refractivity contribution is 5.83. The average molecular weight is 460 g/mol. The first-order valence-electron chi connectivity index (χ1n) is 11.8. The molecular formula is C27H29N3O4. The number of carbonyl (C=O) groups is 1. The molecule has 0 unspecified atom stereocenters. The van der Waals surface area contributed by atoms with Crippen LogP contribution in [0.1, 0.15) is 32.3 Å². The van der Waals surface area contributed by atoms with Crippen LogP contribution in [0.2, 0.25) is 0 Å². The number of amides is 1. The maximum Gasteiger partial charge on any atom is 0.267 e. The van der Waals surface area contributed by atoms with Crippen LogP contribution < -0.4 is 15.0 Å². The van der Waals surface area contributed by atoms with Crippen LogP contribution in [-0.2, 0) is 16.8 Å². The fourth-order valence-electron chi connectivity index (χ4n) is 4.79. The van der Waals surface area contributed by atoms with E-state index in [4.69, 9.17) is 9.47 Å². The van der Waals surface area contributed by atoms with Gasteiger partial charge in [0.25, 0.3) is 5.56 Å². The van der Waals surface area contributed by atoms with Crippen LogP contribution in [0.4, 0.5) is 0 Å². The van der Waals surface area contributed by atoms with E-state index in [0.717, 1.165) is 24.8 Å². The summed E-state index contributed by atoms with van der Waals surface area (Å²) in [6.07, 6.45) is 2.94. The Morgan fingerprint density at radius 2 is 1.74 bits per heavy atom. The van der Waals surface area contributed by atoms with Crippen LogP contribution in [-0.4, -0.2) is 40.5 Å². The molecule has 1 aromatic heterocycles. The van der Waals surface area contributed by atoms with Crippen molar-refractivity contribution in [3.8, 4) is 22.8 Å². The monoisotopic (exact) mass is 459 g/mol. The molecule has 7 nitrogen and oxygen atoms in total. The predicted molar refractivity (Wildman–Crippen MR) is 129 cm³/mol. The van der Waals surface area contributed by atoms with Crippen LogP contribution >= 0.6 is 0 Å². The van der Waals surface area contributed by atoms with E-state index in [1.54, 1.807) is 19.9 Å². The van der Waals surface area contributed by atoms with Gasteiger partial charge in [0.1, 0.15) is 5.54 Å². The zero-order valence-corrected chi connectivity index (χ0v) is 19.6. The number of nitrogens with zero attached hydrogens (tertiary/aromatic N) is 3. The molecule has 5 rings (SSSR count). The smallest absolute Gasteiger partial charge is 0.267 e. The van der Waals surface area contributed by atoms with E-state index in [-0.39, 0.29) is 18.3 Å². The number of benzene rings is 2. The van der Waals surface area contributed by atoms with E-state index < -0.39 is 5.54 Å². The molecular weight excluding hydrogens is 430 g/mol. The first kappa shape index (κ1) is 22.2. The minimum absolute atomic E-state index is 0.0805. The van der Waals surface area contributed by atoms with Gasteiger partial charge in [-0.25, -0.2) is 4.68 Å². The third-order valence-corrected chi connectivity index (χ3v) is 6.79. The lowest BCUT2D eigenvalue weighted by Gasteiger charge is -2.37. The van der Waals surface area contributed by atoms with Gasteiger partial charge < -0.3 is 14.4 Å². The fraction of sp³-hybridized carbons (Fsp3) is 0.370. The summed E-state index contributed by atoms with van der Waals surface area (Å²) in [5.41, 5.74) is 1.32. The van der Waals surface area contributed by atoms with Crippen molar-refractivity contribution in [2.45, 2.75) is 38.6 Å². The highest BCUT2D eigenvalue weighted by atomic mass is 16.7. The number of aromatic nitrogens is 2. The third kappa shape index (κ3) is 4.30. The molecule has 0 spiro atoms. The number of rotatable bonds is 5. The van der Waals surface area contributed by atoms with Gasteiger partial charge in [-0.3, -0.25) is 9.59 Å². The zero-order chi connectivity index (χ0) is 23.7. The van der Waals surface area contributed by atoms with Crippen molar-refractivity contribution in [2.75, 3.05) is 19.9 Å². The summed E-state index contributed by atoms with van der Waals surface area (Å²) in [7, 11) is 0. The van der Waals surface area contributed by atoms with E-state index in [1.165, 1.54) is 16.3 Å². The maximum absolute atomic E-state index is 13.5. The molecule has 0 aliphatic carbocycles. The lowest BCUT2D eigenvalue weighted by Crippen LogP contribution is -2.53. The van der Waals surface area contributed by atoms with Crippen LogP contribution in [0.15, 0.2) is 65.5 Å². The molecule has 1 saturated heterocycles. The standard InChI is InChI=1S/C27H29N3O4/c1-27(2,26(32)29-14-12-20(13-15-29)16-19-6-4-3-5-7-19)30-25(31)11-9-22(28-30)21-8-10-23-24(17-21)34-18-33-23/h3-11,17,20H,12-16,18H2,1-2H3. The summed E-state index contributed by atoms with van der Waals surface area (Å²) in [4.78, 5) is 28.2. The molecule has 2 aliphatic rings. The van der Waals surface area contributed by atoms with Crippen LogP contribution in [0.5, 0.6) is 11.5 Å². The molecule has 2 aromatic carbocycles. The minimum Gasteiger partial charge on any atom is -0.454 e. The van der Waals surface area contributed by atoms with Crippen molar-refractivity contribution in [3.05, 3.63) is 76.6 Å². The molecule has 3 heterocycles. The van der Waals surface area contributed by atoms with Crippen molar-refractivity contribution in [1.29, 1.82) is 0 Å². The van der Waals surface area contributed by atoms with Crippen LogP contribution in [0, 0.1) is 5.92 Å². The summed E-state index contributed by atoms with van der Waals surface area (Å²) >= 11 is 0. The maximum atomic E-state index is 13.5. The normalized spacial score (nSPS) is 16.0. The summed E-state index contributed by atoms with van der Waals surface area (Å²) in [6, 6.07) is 19.2. The second-order valence-corrected chi connectivity index (χ2v) is 9.52. The Morgan fingerprint density at radius 1 is 1.00 bits per heavy atom. The molecule has 0 radical (unpaired) electrons. The average Bonchev–Trinajstić information content (AvgIpc) is 3.33. The molecule has 1 amide bonds. The van der Waals surface area contributed by atoms with Crippen molar-refractivity contribution in [3.63, 3.8) is 0 Å². The first-order chi connectivity index (χ1) is 16.4. The van der Waals surface area contributed by atoms with Gasteiger partial charge in [-0.15, -0.1) is 0 Å². The molecule has 0 atom stereocenters. The second kappa shape index (κ2) is 8.97. The number of carbonyl (C=O) groups excluding carboxylic acids is 1. The van der Waals surface area contributed by atoms with Crippen molar-refractivity contribution < 1.29 is 14.3 Å². The predicted octanol–water partition coefficient (Wildman–Crippen LogP) is 3.86. The Morgan fingerprint density at radius 3 is 2.50 bits per heavy atom. The van der Waals surface area contributed by atoms with E-state index in [2.05, 4.69) is 29.4 Å². The number of fused-ring (bicyclic) bond motifs is 1. The quantitative estimate of drug-likeness (QED) is 0.579. The molecule has 0 saturated carbocycles. The number of piperidine rings is 1. The highest BCUT2D eigenvalue weighted by Crippen LogP contribution is 2.35. The van der Waals surface area contributed by atoms with Gasteiger partial charge in [0.05, 0.1) is 5.69 Å². The Kier molecular flexibility index (Phi) is 5.86. The van der Waals surface area contributed by atoms with Gasteiger partial charge in [-0.1, -0.05) is 30.3 Å². The van der Waals surface area contributed by atoms with E-state index in [0.29, 0.717) is 36.2 Å².